The molecule has 0 radical (unpaired) electrons. The minimum Gasteiger partial charge on any atom is -0.291 e. The molecule has 7 nitrogen and oxygen atoms in total. The quantitative estimate of drug-likeness (QED) is 0.843. The summed E-state index contributed by atoms with van der Waals surface area (Å²) in [6, 6.07) is 5.84. The van der Waals surface area contributed by atoms with Crippen LogP contribution in [0, 0.1) is 0 Å². The topological polar surface area (TPSA) is 71.3 Å². The van der Waals surface area contributed by atoms with Gasteiger partial charge >= 0.3 is 0 Å². The summed E-state index contributed by atoms with van der Waals surface area (Å²) in [5.41, 5.74) is 0.926. The van der Waals surface area contributed by atoms with E-state index in [1.165, 1.54) is 4.31 Å². The second-order valence-corrected chi connectivity index (χ2v) is 8.02. The number of aromatic nitrogens is 3. The molecule has 124 valence electrons. The van der Waals surface area contributed by atoms with Gasteiger partial charge in [-0.05, 0) is 25.0 Å². The maximum atomic E-state index is 12.3. The lowest BCUT2D eigenvalue weighted by atomic mass is 9.95. The highest BCUT2D eigenvalue weighted by molar-refractivity contribution is 7.86. The van der Waals surface area contributed by atoms with Crippen LogP contribution >= 0.6 is 0 Å². The highest BCUT2D eigenvalue weighted by Crippen LogP contribution is 2.28. The van der Waals surface area contributed by atoms with Crippen LogP contribution in [0.15, 0.2) is 36.9 Å². The third kappa shape index (κ3) is 3.29. The van der Waals surface area contributed by atoms with Gasteiger partial charge in [-0.1, -0.05) is 6.07 Å². The van der Waals surface area contributed by atoms with Crippen molar-refractivity contribution in [2.75, 3.05) is 27.2 Å². The molecule has 0 spiro atoms. The molecule has 3 heterocycles. The molecule has 1 aliphatic heterocycles. The lowest BCUT2D eigenvalue weighted by molar-refractivity contribution is 0.296. The van der Waals surface area contributed by atoms with Crippen LogP contribution in [0.4, 0.5) is 0 Å². The molecule has 1 saturated heterocycles. The van der Waals surface area contributed by atoms with E-state index in [0.717, 1.165) is 24.4 Å². The van der Waals surface area contributed by atoms with Crippen LogP contribution in [-0.2, 0) is 10.2 Å². The largest absolute Gasteiger partial charge is 0.291 e. The first kappa shape index (κ1) is 16.1. The number of pyridine rings is 1. The van der Waals surface area contributed by atoms with E-state index in [1.807, 2.05) is 29.0 Å². The molecule has 0 amide bonds. The van der Waals surface area contributed by atoms with Crippen LogP contribution in [0.1, 0.15) is 24.5 Å². The van der Waals surface area contributed by atoms with E-state index >= 15 is 0 Å². The Morgan fingerprint density at radius 2 is 2.13 bits per heavy atom. The molecule has 1 aliphatic rings. The Morgan fingerprint density at radius 1 is 1.30 bits per heavy atom. The summed E-state index contributed by atoms with van der Waals surface area (Å²) in [5, 5.41) is 0. The predicted octanol–water partition coefficient (Wildman–Crippen LogP) is 1.25. The van der Waals surface area contributed by atoms with Gasteiger partial charge in [-0.2, -0.15) is 17.0 Å². The lowest BCUT2D eigenvalue weighted by Gasteiger charge is -2.33. The van der Waals surface area contributed by atoms with Gasteiger partial charge in [-0.3, -0.25) is 4.57 Å². The predicted molar refractivity (Wildman–Crippen MR) is 87.5 cm³/mol. The van der Waals surface area contributed by atoms with E-state index in [4.69, 9.17) is 0 Å². The Balaban J connectivity index is 1.83. The van der Waals surface area contributed by atoms with Gasteiger partial charge in [0.15, 0.2) is 0 Å². The van der Waals surface area contributed by atoms with Crippen molar-refractivity contribution < 1.29 is 8.42 Å². The van der Waals surface area contributed by atoms with Crippen molar-refractivity contribution in [2.45, 2.75) is 18.8 Å². The minimum absolute atomic E-state index is 0.113. The smallest absolute Gasteiger partial charge is 0.281 e. The van der Waals surface area contributed by atoms with E-state index in [0.29, 0.717) is 13.1 Å². The highest BCUT2D eigenvalue weighted by atomic mass is 32.2. The van der Waals surface area contributed by atoms with Crippen LogP contribution < -0.4 is 0 Å². The van der Waals surface area contributed by atoms with Crippen molar-refractivity contribution in [1.82, 2.24) is 23.1 Å². The normalized spacial score (nSPS) is 20.0. The zero-order valence-electron chi connectivity index (χ0n) is 13.3. The SMILES string of the molecule is CN(C)S(=O)(=O)N1CCCC(c2cccc(-n3ccnc3)n2)C1. The zero-order chi connectivity index (χ0) is 16.4. The number of nitrogens with zero attached hydrogens (tertiary/aromatic N) is 5. The second kappa shape index (κ2) is 6.38. The molecule has 3 rings (SSSR count). The Hall–Kier alpha value is -1.77. The zero-order valence-corrected chi connectivity index (χ0v) is 14.1. The van der Waals surface area contributed by atoms with Crippen LogP contribution in [-0.4, -0.2) is 58.7 Å². The van der Waals surface area contributed by atoms with E-state index < -0.39 is 10.2 Å². The number of imidazole rings is 1. The maximum absolute atomic E-state index is 12.3. The molecule has 0 aliphatic carbocycles. The van der Waals surface area contributed by atoms with Gasteiger partial charge in [-0.15, -0.1) is 0 Å². The molecule has 1 fully saturated rings. The summed E-state index contributed by atoms with van der Waals surface area (Å²) >= 11 is 0. The maximum Gasteiger partial charge on any atom is 0.281 e. The van der Waals surface area contributed by atoms with Gasteiger partial charge < -0.3 is 0 Å². The molecule has 0 bridgehead atoms. The number of hydrogen-bond donors (Lipinski definition) is 0. The molecule has 2 aromatic rings. The van der Waals surface area contributed by atoms with Crippen LogP contribution in [0.25, 0.3) is 5.82 Å². The molecule has 0 N–H and O–H groups in total. The van der Waals surface area contributed by atoms with E-state index in [2.05, 4.69) is 9.97 Å². The molecule has 0 aromatic carbocycles. The number of rotatable bonds is 4. The van der Waals surface area contributed by atoms with Crippen LogP contribution in [0.2, 0.25) is 0 Å². The Kier molecular flexibility index (Phi) is 4.47. The first-order chi connectivity index (χ1) is 11.0. The molecule has 23 heavy (non-hydrogen) atoms. The van der Waals surface area contributed by atoms with Gasteiger partial charge in [0.25, 0.3) is 10.2 Å². The number of hydrogen-bond acceptors (Lipinski definition) is 4. The van der Waals surface area contributed by atoms with Crippen molar-refractivity contribution in [3.8, 4) is 5.82 Å². The van der Waals surface area contributed by atoms with Crippen molar-refractivity contribution >= 4 is 10.2 Å². The fourth-order valence-corrected chi connectivity index (χ4v) is 4.02. The summed E-state index contributed by atoms with van der Waals surface area (Å²) < 4.78 is 29.3. The molecular formula is C15H21N5O2S. The fourth-order valence-electron chi connectivity index (χ4n) is 2.83. The molecule has 2 aromatic heterocycles. The van der Waals surface area contributed by atoms with Crippen molar-refractivity contribution in [1.29, 1.82) is 0 Å². The molecule has 1 unspecified atom stereocenters. The van der Waals surface area contributed by atoms with Crippen molar-refractivity contribution in [3.05, 3.63) is 42.6 Å². The van der Waals surface area contributed by atoms with Crippen LogP contribution in [0.3, 0.4) is 0 Å². The second-order valence-electron chi connectivity index (χ2n) is 5.88. The Labute approximate surface area is 136 Å². The molecule has 0 saturated carbocycles. The van der Waals surface area contributed by atoms with Crippen molar-refractivity contribution in [3.63, 3.8) is 0 Å². The van der Waals surface area contributed by atoms with Crippen molar-refractivity contribution in [2.24, 2.45) is 0 Å². The van der Waals surface area contributed by atoms with E-state index in [-0.39, 0.29) is 5.92 Å². The Morgan fingerprint density at radius 3 is 2.83 bits per heavy atom. The van der Waals surface area contributed by atoms with Gasteiger partial charge in [-0.25, -0.2) is 9.97 Å². The molecular weight excluding hydrogens is 314 g/mol. The number of piperidine rings is 1. The first-order valence-electron chi connectivity index (χ1n) is 7.61. The average Bonchev–Trinajstić information content (AvgIpc) is 3.09. The molecule has 8 heteroatoms. The summed E-state index contributed by atoms with van der Waals surface area (Å²) in [7, 11) is -0.238. The summed E-state index contributed by atoms with van der Waals surface area (Å²) in [4.78, 5) is 8.72. The van der Waals surface area contributed by atoms with E-state index in [1.54, 1.807) is 30.9 Å². The third-order valence-corrected chi connectivity index (χ3v) is 6.02. The third-order valence-electron chi connectivity index (χ3n) is 4.12. The molecule has 1 atom stereocenters. The average molecular weight is 335 g/mol. The highest BCUT2D eigenvalue weighted by Gasteiger charge is 2.31. The van der Waals surface area contributed by atoms with Gasteiger partial charge in [0.1, 0.15) is 12.1 Å². The monoisotopic (exact) mass is 335 g/mol. The standard InChI is InChI=1S/C15H21N5O2S/c1-18(2)23(21,22)20-9-4-5-13(11-20)14-6-3-7-15(17-14)19-10-8-16-12-19/h3,6-8,10,12-13H,4-5,9,11H2,1-2H3. The van der Waals surface area contributed by atoms with E-state index in [9.17, 15) is 8.42 Å². The van der Waals surface area contributed by atoms with Crippen LogP contribution in [0.5, 0.6) is 0 Å². The Bertz CT molecular complexity index is 758. The summed E-state index contributed by atoms with van der Waals surface area (Å²) in [5.74, 6) is 0.912. The van der Waals surface area contributed by atoms with Gasteiger partial charge in [0.2, 0.25) is 0 Å². The lowest BCUT2D eigenvalue weighted by Crippen LogP contribution is -2.45. The van der Waals surface area contributed by atoms with Gasteiger partial charge in [0, 0.05) is 51.2 Å². The summed E-state index contributed by atoms with van der Waals surface area (Å²) in [6.07, 6.45) is 7.04. The fraction of sp³-hybridized carbons (Fsp3) is 0.467. The minimum atomic E-state index is -3.37. The summed E-state index contributed by atoms with van der Waals surface area (Å²) in [6.45, 7) is 1.04. The van der Waals surface area contributed by atoms with Gasteiger partial charge in [0.05, 0.1) is 0 Å². The first-order valence-corrected chi connectivity index (χ1v) is 9.01.